The number of carbonyl (C=O) groups is 1. The predicted molar refractivity (Wildman–Crippen MR) is 37.2 cm³/mol. The number of amides is 1. The van der Waals surface area contributed by atoms with Gasteiger partial charge >= 0.3 is 0 Å². The average molecular weight is 249 g/mol. The first-order chi connectivity index (χ1) is 4.29. The van der Waals surface area contributed by atoms with E-state index in [-0.39, 0.29) is 33.5 Å². The van der Waals surface area contributed by atoms with Crippen molar-refractivity contribution in [3.63, 3.8) is 0 Å². The molecule has 2 heterocycles. The smallest absolute Gasteiger partial charge is 0.228 e. The number of nitrogens with zero attached hydrogens (tertiary/aromatic N) is 1. The summed E-state index contributed by atoms with van der Waals surface area (Å²) in [5.41, 5.74) is 0. The van der Waals surface area contributed by atoms with Crippen LogP contribution in [-0.2, 0) is 27.2 Å². The maximum absolute atomic E-state index is 10.7. The molecule has 4 heteroatoms. The second-order valence-corrected chi connectivity index (χ2v) is 3.00. The number of fused-ring (bicyclic) bond motifs is 1. The summed E-state index contributed by atoms with van der Waals surface area (Å²) in [7, 11) is 0. The van der Waals surface area contributed by atoms with Gasteiger partial charge in [-0.2, -0.15) is 12.6 Å². The molecule has 59 valence electrons. The van der Waals surface area contributed by atoms with E-state index >= 15 is 0 Å². The van der Waals surface area contributed by atoms with Crippen LogP contribution < -0.4 is 0 Å². The zero-order chi connectivity index (χ0) is 6.43. The van der Waals surface area contributed by atoms with Crippen LogP contribution in [0, 0.1) is 0 Å². The molecule has 0 aliphatic carbocycles. The van der Waals surface area contributed by atoms with Gasteiger partial charge in [-0.25, -0.2) is 0 Å². The van der Waals surface area contributed by atoms with Crippen LogP contribution >= 0.6 is 12.6 Å². The molecular formula is C6H7AgNOS. The molecule has 1 radical (unpaired) electrons. The Morgan fingerprint density at radius 3 is 2.80 bits per heavy atom. The van der Waals surface area contributed by atoms with Gasteiger partial charge in [0, 0.05) is 40.3 Å². The van der Waals surface area contributed by atoms with Gasteiger partial charge < -0.3 is 4.90 Å². The number of hydrogen-bond donors (Lipinski definition) is 1. The Balaban J connectivity index is 0.000000500. The van der Waals surface area contributed by atoms with Crippen molar-refractivity contribution in [3.8, 4) is 0 Å². The fourth-order valence-electron chi connectivity index (χ4n) is 1.24. The Kier molecular flexibility index (Phi) is 2.30. The maximum atomic E-state index is 10.7. The topological polar surface area (TPSA) is 20.3 Å². The van der Waals surface area contributed by atoms with Crippen LogP contribution in [0.3, 0.4) is 0 Å². The molecule has 2 aliphatic rings. The molecule has 2 atom stereocenters. The van der Waals surface area contributed by atoms with Gasteiger partial charge in [-0.1, -0.05) is 6.08 Å². The summed E-state index contributed by atoms with van der Waals surface area (Å²) in [6.07, 6.45) is 4.47. The van der Waals surface area contributed by atoms with Gasteiger partial charge in [0.15, 0.2) is 0 Å². The van der Waals surface area contributed by atoms with Crippen molar-refractivity contribution in [2.75, 3.05) is 0 Å². The average Bonchev–Trinajstić information content (AvgIpc) is 2.07. The summed E-state index contributed by atoms with van der Waals surface area (Å²) in [6, 6.07) is 0.376. The molecule has 2 unspecified atom stereocenters. The molecule has 0 spiro atoms. The first kappa shape index (κ1) is 8.40. The van der Waals surface area contributed by atoms with E-state index < -0.39 is 0 Å². The van der Waals surface area contributed by atoms with Crippen LogP contribution in [0.25, 0.3) is 0 Å². The number of thiol groups is 1. The summed E-state index contributed by atoms with van der Waals surface area (Å²) in [4.78, 5) is 12.4. The minimum atomic E-state index is 0. The molecule has 2 nitrogen and oxygen atoms in total. The first-order valence-corrected chi connectivity index (χ1v) is 3.48. The van der Waals surface area contributed by atoms with E-state index in [1.165, 1.54) is 0 Å². The van der Waals surface area contributed by atoms with Gasteiger partial charge in [0.25, 0.3) is 0 Å². The quantitative estimate of drug-likeness (QED) is 0.374. The molecule has 1 fully saturated rings. The van der Waals surface area contributed by atoms with Crippen LogP contribution in [-0.4, -0.2) is 22.1 Å². The summed E-state index contributed by atoms with van der Waals surface area (Å²) >= 11 is 4.26. The summed E-state index contributed by atoms with van der Waals surface area (Å²) < 4.78 is 0. The normalized spacial score (nSPS) is 34.9. The Morgan fingerprint density at radius 1 is 1.70 bits per heavy atom. The second kappa shape index (κ2) is 2.74. The molecule has 0 bridgehead atoms. The van der Waals surface area contributed by atoms with Crippen molar-refractivity contribution < 1.29 is 27.2 Å². The molecular weight excluding hydrogens is 242 g/mol. The van der Waals surface area contributed by atoms with Crippen molar-refractivity contribution in [2.24, 2.45) is 0 Å². The monoisotopic (exact) mass is 248 g/mol. The zero-order valence-electron chi connectivity index (χ0n) is 5.12. The van der Waals surface area contributed by atoms with Gasteiger partial charge in [0.2, 0.25) is 5.91 Å². The van der Waals surface area contributed by atoms with Crippen molar-refractivity contribution in [3.05, 3.63) is 12.3 Å². The second-order valence-electron chi connectivity index (χ2n) is 2.40. The van der Waals surface area contributed by atoms with Gasteiger partial charge in [-0.05, 0) is 0 Å². The van der Waals surface area contributed by atoms with E-state index in [1.807, 2.05) is 12.3 Å². The molecule has 2 rings (SSSR count). The van der Waals surface area contributed by atoms with Crippen LogP contribution in [0.15, 0.2) is 12.3 Å². The van der Waals surface area contributed by atoms with Crippen molar-refractivity contribution >= 4 is 18.5 Å². The Hall–Kier alpha value is 0.300. The maximum Gasteiger partial charge on any atom is 0.228 e. The minimum absolute atomic E-state index is 0. The van der Waals surface area contributed by atoms with Gasteiger partial charge in [0.1, 0.15) is 0 Å². The van der Waals surface area contributed by atoms with Gasteiger partial charge in [-0.15, -0.1) is 0 Å². The molecule has 0 saturated carbocycles. The summed E-state index contributed by atoms with van der Waals surface area (Å²) in [5, 5.41) is 0.280. The zero-order valence-corrected chi connectivity index (χ0v) is 7.50. The van der Waals surface area contributed by atoms with E-state index in [0.717, 1.165) is 0 Å². The summed E-state index contributed by atoms with van der Waals surface area (Å²) in [5.74, 6) is 0.229. The van der Waals surface area contributed by atoms with E-state index in [4.69, 9.17) is 0 Å². The van der Waals surface area contributed by atoms with Gasteiger partial charge in [-0.3, -0.25) is 4.79 Å². The molecule has 0 aromatic heterocycles. The fourth-order valence-corrected chi connectivity index (χ4v) is 1.57. The van der Waals surface area contributed by atoms with E-state index in [1.54, 1.807) is 4.90 Å². The molecule has 0 aromatic rings. The molecule has 1 saturated heterocycles. The number of rotatable bonds is 0. The molecule has 0 N–H and O–H groups in total. The van der Waals surface area contributed by atoms with Crippen LogP contribution in [0.2, 0.25) is 0 Å². The Bertz CT molecular complexity index is 194. The largest absolute Gasteiger partial charge is 0.314 e. The Labute approximate surface area is 80.6 Å². The third-order valence-electron chi connectivity index (χ3n) is 1.87. The third kappa shape index (κ3) is 0.975. The molecule has 1 amide bonds. The summed E-state index contributed by atoms with van der Waals surface area (Å²) in [6.45, 7) is 0. The molecule has 10 heavy (non-hydrogen) atoms. The third-order valence-corrected chi connectivity index (χ3v) is 2.38. The van der Waals surface area contributed by atoms with E-state index in [0.29, 0.717) is 12.5 Å². The van der Waals surface area contributed by atoms with Crippen LogP contribution in [0.4, 0.5) is 0 Å². The standard InChI is InChI=1S/C6H7NOS.Ag/c8-6-3-4-5(9)1-2-7(4)6;/h1-2,4-5,9H,3H2;. The fraction of sp³-hybridized carbons (Fsp3) is 0.500. The number of β-lactam (4-membered cyclic amide) rings is 1. The number of carbonyl (C=O) groups excluding carboxylic acids is 1. The van der Waals surface area contributed by atoms with Crippen molar-refractivity contribution in [1.29, 1.82) is 0 Å². The van der Waals surface area contributed by atoms with Crippen LogP contribution in [0.1, 0.15) is 6.42 Å². The van der Waals surface area contributed by atoms with Crippen molar-refractivity contribution in [1.82, 2.24) is 4.90 Å². The van der Waals surface area contributed by atoms with Crippen LogP contribution in [0.5, 0.6) is 0 Å². The minimum Gasteiger partial charge on any atom is -0.314 e. The first-order valence-electron chi connectivity index (χ1n) is 2.96. The number of hydrogen-bond acceptors (Lipinski definition) is 2. The van der Waals surface area contributed by atoms with Gasteiger partial charge in [0.05, 0.1) is 6.04 Å². The van der Waals surface area contributed by atoms with Crippen molar-refractivity contribution in [2.45, 2.75) is 17.7 Å². The predicted octanol–water partition coefficient (Wildman–Crippen LogP) is 0.410. The Morgan fingerprint density at radius 2 is 2.40 bits per heavy atom. The molecule has 0 aromatic carbocycles. The van der Waals surface area contributed by atoms with E-state index in [9.17, 15) is 4.79 Å². The van der Waals surface area contributed by atoms with E-state index in [2.05, 4.69) is 12.6 Å². The SMILES string of the molecule is O=C1CC2C(S)C=CN12.[Ag]. The molecule has 2 aliphatic heterocycles.